The number of benzene rings is 3. The Morgan fingerprint density at radius 3 is 2.03 bits per heavy atom. The van der Waals surface area contributed by atoms with Crippen molar-refractivity contribution in [2.24, 2.45) is 0 Å². The van der Waals surface area contributed by atoms with E-state index in [1.54, 1.807) is 17.4 Å². The first-order chi connectivity index (χ1) is 16.5. The van der Waals surface area contributed by atoms with Crippen LogP contribution in [0.25, 0.3) is 33.4 Å². The molecule has 0 aliphatic carbocycles. The minimum Gasteiger partial charge on any atom is -0.399 e. The SMILES string of the molecule is CCCc1cc2ccc(/C=C/c3cc(F)c(-c4cc(F)c(OC(F)(F)F)c(F)c4)c(F)c3)cc2s1. The molecule has 0 fully saturated rings. The summed E-state index contributed by atoms with van der Waals surface area (Å²) < 4.78 is 98.8. The molecule has 3 aromatic carbocycles. The highest BCUT2D eigenvalue weighted by molar-refractivity contribution is 7.19. The van der Waals surface area contributed by atoms with Crippen LogP contribution in [0.2, 0.25) is 0 Å². The van der Waals surface area contributed by atoms with E-state index in [0.29, 0.717) is 12.1 Å². The molecule has 0 aliphatic rings. The van der Waals surface area contributed by atoms with Gasteiger partial charge in [-0.3, -0.25) is 0 Å². The van der Waals surface area contributed by atoms with Crippen molar-refractivity contribution in [1.29, 1.82) is 0 Å². The largest absolute Gasteiger partial charge is 0.573 e. The van der Waals surface area contributed by atoms with Gasteiger partial charge in [0.1, 0.15) is 11.6 Å². The van der Waals surface area contributed by atoms with E-state index in [1.807, 2.05) is 18.2 Å². The van der Waals surface area contributed by atoms with Gasteiger partial charge in [-0.1, -0.05) is 37.6 Å². The van der Waals surface area contributed by atoms with Crippen molar-refractivity contribution in [2.75, 3.05) is 0 Å². The third-order valence-corrected chi connectivity index (χ3v) is 6.29. The first-order valence-electron chi connectivity index (χ1n) is 10.5. The quantitative estimate of drug-likeness (QED) is 0.186. The zero-order valence-corrected chi connectivity index (χ0v) is 19.0. The zero-order chi connectivity index (χ0) is 25.3. The molecule has 0 N–H and O–H groups in total. The maximum atomic E-state index is 14.7. The molecular weight excluding hydrogens is 493 g/mol. The highest BCUT2D eigenvalue weighted by atomic mass is 32.1. The number of hydrogen-bond acceptors (Lipinski definition) is 2. The van der Waals surface area contributed by atoms with E-state index in [-0.39, 0.29) is 5.56 Å². The fraction of sp³-hybridized carbons (Fsp3) is 0.154. The number of hydrogen-bond donors (Lipinski definition) is 0. The lowest BCUT2D eigenvalue weighted by Crippen LogP contribution is -2.19. The van der Waals surface area contributed by atoms with Crippen molar-refractivity contribution in [2.45, 2.75) is 26.1 Å². The summed E-state index contributed by atoms with van der Waals surface area (Å²) in [5.41, 5.74) is -0.413. The van der Waals surface area contributed by atoms with Gasteiger partial charge in [-0.25, -0.2) is 17.6 Å². The van der Waals surface area contributed by atoms with E-state index in [2.05, 4.69) is 17.7 Å². The fourth-order valence-electron chi connectivity index (χ4n) is 3.65. The number of halogens is 7. The molecule has 0 bridgehead atoms. The topological polar surface area (TPSA) is 9.23 Å². The van der Waals surface area contributed by atoms with Crippen LogP contribution in [-0.2, 0) is 6.42 Å². The summed E-state index contributed by atoms with van der Waals surface area (Å²) in [4.78, 5) is 1.27. The number of alkyl halides is 3. The molecule has 0 radical (unpaired) electrons. The summed E-state index contributed by atoms with van der Waals surface area (Å²) >= 11 is 1.68. The Balaban J connectivity index is 1.62. The Morgan fingerprint density at radius 2 is 1.43 bits per heavy atom. The van der Waals surface area contributed by atoms with E-state index in [1.165, 1.54) is 11.0 Å². The van der Waals surface area contributed by atoms with Crippen LogP contribution in [0, 0.1) is 23.3 Å². The lowest BCUT2D eigenvalue weighted by molar-refractivity contribution is -0.276. The number of fused-ring (bicyclic) bond motifs is 1. The molecule has 0 saturated carbocycles. The minimum absolute atomic E-state index is 0.152. The lowest BCUT2D eigenvalue weighted by atomic mass is 10.0. The normalized spacial score (nSPS) is 12.1. The van der Waals surface area contributed by atoms with Gasteiger partial charge in [0.2, 0.25) is 5.75 Å². The summed E-state index contributed by atoms with van der Waals surface area (Å²) in [7, 11) is 0. The van der Waals surface area contributed by atoms with Crippen LogP contribution >= 0.6 is 11.3 Å². The Bertz CT molecular complexity index is 1370. The predicted molar refractivity (Wildman–Crippen MR) is 123 cm³/mol. The molecule has 1 nitrogen and oxygen atoms in total. The number of aryl methyl sites for hydroxylation is 1. The van der Waals surface area contributed by atoms with E-state index >= 15 is 0 Å². The van der Waals surface area contributed by atoms with Gasteiger partial charge >= 0.3 is 6.36 Å². The summed E-state index contributed by atoms with van der Waals surface area (Å²) in [6.45, 7) is 2.10. The first-order valence-corrected chi connectivity index (χ1v) is 11.3. The summed E-state index contributed by atoms with van der Waals surface area (Å²) in [5, 5.41) is 1.11. The first kappa shape index (κ1) is 24.8. The van der Waals surface area contributed by atoms with E-state index in [9.17, 15) is 30.7 Å². The van der Waals surface area contributed by atoms with Crippen LogP contribution in [0.5, 0.6) is 5.75 Å². The molecule has 0 aliphatic heterocycles. The Hall–Kier alpha value is -3.33. The highest BCUT2D eigenvalue weighted by Gasteiger charge is 2.34. The smallest absolute Gasteiger partial charge is 0.399 e. The van der Waals surface area contributed by atoms with Gasteiger partial charge in [0.25, 0.3) is 0 Å². The Morgan fingerprint density at radius 1 is 0.800 bits per heavy atom. The van der Waals surface area contributed by atoms with Gasteiger partial charge in [0.15, 0.2) is 11.6 Å². The fourth-order valence-corrected chi connectivity index (χ4v) is 4.87. The molecule has 9 heteroatoms. The molecule has 182 valence electrons. The third-order valence-electron chi connectivity index (χ3n) is 5.13. The summed E-state index contributed by atoms with van der Waals surface area (Å²) in [6.07, 6.45) is -0.146. The standard InChI is InChI=1S/C26H17F7OS/c1-2-3-18-11-16-7-6-14(10-23(16)35-18)4-5-15-8-19(27)24(20(28)9-15)17-12-21(29)25(22(30)13-17)34-26(31,32)33/h4-13H,2-3H2,1H3/b5-4+. The number of rotatable bonds is 6. The number of thiophene rings is 1. The second-order valence-electron chi connectivity index (χ2n) is 7.77. The molecule has 35 heavy (non-hydrogen) atoms. The molecule has 0 atom stereocenters. The lowest BCUT2D eigenvalue weighted by Gasteiger charge is -2.13. The maximum absolute atomic E-state index is 14.7. The van der Waals surface area contributed by atoms with Crippen LogP contribution in [0.4, 0.5) is 30.7 Å². The summed E-state index contributed by atoms with van der Waals surface area (Å²) in [5.74, 6) is -7.46. The van der Waals surface area contributed by atoms with E-state index in [4.69, 9.17) is 0 Å². The molecular formula is C26H17F7OS. The molecule has 1 heterocycles. The van der Waals surface area contributed by atoms with Crippen LogP contribution in [-0.4, -0.2) is 6.36 Å². The second kappa shape index (κ2) is 9.73. The van der Waals surface area contributed by atoms with E-state index in [0.717, 1.165) is 40.6 Å². The Kier molecular flexibility index (Phi) is 6.89. The van der Waals surface area contributed by atoms with Gasteiger partial charge in [0, 0.05) is 9.58 Å². The van der Waals surface area contributed by atoms with Crippen LogP contribution < -0.4 is 4.74 Å². The molecule has 0 unspecified atom stereocenters. The van der Waals surface area contributed by atoms with Crippen molar-refractivity contribution in [1.82, 2.24) is 0 Å². The Labute approximate surface area is 200 Å². The van der Waals surface area contributed by atoms with Gasteiger partial charge in [-0.05, 0) is 64.9 Å². The average Bonchev–Trinajstić information content (AvgIpc) is 3.16. The molecule has 0 spiro atoms. The minimum atomic E-state index is -5.33. The van der Waals surface area contributed by atoms with Crippen LogP contribution in [0.1, 0.15) is 29.3 Å². The van der Waals surface area contributed by atoms with Crippen molar-refractivity contribution >= 4 is 33.6 Å². The zero-order valence-electron chi connectivity index (χ0n) is 18.1. The predicted octanol–water partition coefficient (Wildman–Crippen LogP) is 9.15. The monoisotopic (exact) mass is 510 g/mol. The third kappa shape index (κ3) is 5.67. The van der Waals surface area contributed by atoms with Gasteiger partial charge in [-0.15, -0.1) is 24.5 Å². The highest BCUT2D eigenvalue weighted by Crippen LogP contribution is 2.35. The van der Waals surface area contributed by atoms with Crippen LogP contribution in [0.15, 0.2) is 48.5 Å². The van der Waals surface area contributed by atoms with Gasteiger partial charge < -0.3 is 4.74 Å². The number of ether oxygens (including phenoxy) is 1. The van der Waals surface area contributed by atoms with E-state index < -0.39 is 46.5 Å². The van der Waals surface area contributed by atoms with Crippen molar-refractivity contribution in [3.63, 3.8) is 0 Å². The van der Waals surface area contributed by atoms with Crippen molar-refractivity contribution in [3.05, 3.63) is 87.8 Å². The average molecular weight is 510 g/mol. The van der Waals surface area contributed by atoms with Gasteiger partial charge in [-0.2, -0.15) is 0 Å². The summed E-state index contributed by atoms with van der Waals surface area (Å²) in [6, 6.07) is 10.6. The van der Waals surface area contributed by atoms with Crippen LogP contribution in [0.3, 0.4) is 0 Å². The molecule has 4 aromatic rings. The van der Waals surface area contributed by atoms with Gasteiger partial charge in [0.05, 0.1) is 5.56 Å². The van der Waals surface area contributed by atoms with Crippen molar-refractivity contribution in [3.8, 4) is 16.9 Å². The second-order valence-corrected chi connectivity index (χ2v) is 8.94. The molecule has 0 saturated heterocycles. The maximum Gasteiger partial charge on any atom is 0.573 e. The molecule has 1 aromatic heterocycles. The molecule has 4 rings (SSSR count). The van der Waals surface area contributed by atoms with Crippen molar-refractivity contribution < 1.29 is 35.5 Å². The molecule has 0 amide bonds.